The second-order valence-electron chi connectivity index (χ2n) is 0.903. The van der Waals surface area contributed by atoms with Crippen LogP contribution in [0.1, 0.15) is 6.92 Å². The highest BCUT2D eigenvalue weighted by Crippen LogP contribution is 1.81. The van der Waals surface area contributed by atoms with E-state index in [0.29, 0.717) is 0 Å². The minimum atomic E-state index is 0.0619. The number of carbonyl (C=O) groups is 1. The molecular weight excluding hydrogens is 144 g/mol. The molecule has 0 rings (SSSR count). The third-order valence-corrected chi connectivity index (χ3v) is 0.562. The number of halogens is 1. The lowest BCUT2D eigenvalue weighted by atomic mass is 10.5. The summed E-state index contributed by atoms with van der Waals surface area (Å²) in [6, 6.07) is 0. The number of carbonyl (C=O) groups excluding carboxylic acids is 1. The zero-order chi connectivity index (χ0) is 4.99. The minimum absolute atomic E-state index is 0.0619. The van der Waals surface area contributed by atoms with Gasteiger partial charge >= 0.3 is 0 Å². The Morgan fingerprint density at radius 2 is 2.33 bits per heavy atom. The molecule has 0 N–H and O–H groups in total. The molecule has 0 aromatic rings. The maximum absolute atomic E-state index is 9.93. The number of hydrogen-bond donors (Lipinski definition) is 0. The molecule has 0 aliphatic carbocycles. The maximum Gasteiger partial charge on any atom is 0.153 e. The van der Waals surface area contributed by atoms with Crippen molar-refractivity contribution in [3.63, 3.8) is 0 Å². The predicted octanol–water partition coefficient (Wildman–Crippen LogP) is 1.48. The lowest BCUT2D eigenvalue weighted by Crippen LogP contribution is -1.75. The van der Waals surface area contributed by atoms with Crippen LogP contribution in [0.4, 0.5) is 0 Å². The van der Waals surface area contributed by atoms with Gasteiger partial charge < -0.3 is 0 Å². The fourth-order valence-corrected chi connectivity index (χ4v) is 0.461. The highest BCUT2D eigenvalue weighted by molar-refractivity contribution is 9.11. The van der Waals surface area contributed by atoms with Crippen LogP contribution < -0.4 is 0 Å². The third-order valence-electron chi connectivity index (χ3n) is 0.298. The van der Waals surface area contributed by atoms with Crippen molar-refractivity contribution < 1.29 is 4.79 Å². The van der Waals surface area contributed by atoms with Crippen molar-refractivity contribution in [3.05, 3.63) is 11.1 Å². The third kappa shape index (κ3) is 3.89. The van der Waals surface area contributed by atoms with E-state index < -0.39 is 0 Å². The van der Waals surface area contributed by atoms with E-state index in [1.807, 2.05) is 0 Å². The van der Waals surface area contributed by atoms with Crippen molar-refractivity contribution in [2.24, 2.45) is 0 Å². The van der Waals surface area contributed by atoms with Crippen LogP contribution in [-0.2, 0) is 4.79 Å². The average Bonchev–Trinajstić information content (AvgIpc) is 1.35. The lowest BCUT2D eigenvalue weighted by Gasteiger charge is -1.67. The standard InChI is InChI=1S/C4H5BrO/c1-4(6)2-3-5/h2-3H,1H3/b3-2-. The molecule has 0 aromatic carbocycles. The Labute approximate surface area is 45.2 Å². The van der Waals surface area contributed by atoms with Gasteiger partial charge in [-0.3, -0.25) is 4.79 Å². The number of rotatable bonds is 1. The fraction of sp³-hybridized carbons (Fsp3) is 0.250. The van der Waals surface area contributed by atoms with Gasteiger partial charge in [-0.15, -0.1) is 0 Å². The van der Waals surface area contributed by atoms with Gasteiger partial charge in [0.15, 0.2) is 5.78 Å². The summed E-state index contributed by atoms with van der Waals surface area (Å²) in [7, 11) is 0. The molecular formula is C4H5BrO. The zero-order valence-electron chi connectivity index (χ0n) is 3.44. The number of ketones is 1. The Morgan fingerprint density at radius 3 is 2.33 bits per heavy atom. The zero-order valence-corrected chi connectivity index (χ0v) is 5.03. The van der Waals surface area contributed by atoms with Crippen LogP contribution in [0, 0.1) is 0 Å². The van der Waals surface area contributed by atoms with Crippen molar-refractivity contribution in [1.82, 2.24) is 0 Å². The maximum atomic E-state index is 9.93. The second-order valence-corrected chi connectivity index (χ2v) is 1.43. The van der Waals surface area contributed by atoms with Gasteiger partial charge in [0.2, 0.25) is 0 Å². The minimum Gasteiger partial charge on any atom is -0.295 e. The molecule has 0 aromatic heterocycles. The summed E-state index contributed by atoms with van der Waals surface area (Å²) in [6.45, 7) is 1.50. The van der Waals surface area contributed by atoms with Crippen LogP contribution in [-0.4, -0.2) is 5.78 Å². The molecule has 0 bridgehead atoms. The quantitative estimate of drug-likeness (QED) is 0.516. The number of hydrogen-bond acceptors (Lipinski definition) is 1. The first kappa shape index (κ1) is 5.89. The molecule has 0 unspecified atom stereocenters. The summed E-state index contributed by atoms with van der Waals surface area (Å²) in [4.78, 5) is 11.5. The van der Waals surface area contributed by atoms with Crippen LogP contribution in [0.25, 0.3) is 0 Å². The van der Waals surface area contributed by atoms with E-state index >= 15 is 0 Å². The molecule has 0 spiro atoms. The SMILES string of the molecule is CC(=O)/C=C\Br. The lowest BCUT2D eigenvalue weighted by molar-refractivity contribution is -0.112. The molecule has 0 amide bonds. The Hall–Kier alpha value is -0.110. The molecule has 0 atom stereocenters. The highest BCUT2D eigenvalue weighted by Gasteiger charge is 1.73. The van der Waals surface area contributed by atoms with Crippen LogP contribution >= 0.6 is 15.9 Å². The van der Waals surface area contributed by atoms with E-state index in [0.717, 1.165) is 0 Å². The molecule has 0 fully saturated rings. The van der Waals surface area contributed by atoms with E-state index in [9.17, 15) is 4.79 Å². The topological polar surface area (TPSA) is 17.1 Å². The molecule has 0 aliphatic rings. The molecule has 0 aliphatic heterocycles. The highest BCUT2D eigenvalue weighted by atomic mass is 79.9. The van der Waals surface area contributed by atoms with E-state index in [2.05, 4.69) is 15.9 Å². The molecule has 6 heavy (non-hydrogen) atoms. The second kappa shape index (κ2) is 3.09. The van der Waals surface area contributed by atoms with Gasteiger partial charge in [-0.05, 0) is 18.0 Å². The normalized spacial score (nSPS) is 9.67. The first-order valence-corrected chi connectivity index (χ1v) is 2.46. The van der Waals surface area contributed by atoms with Crippen molar-refractivity contribution in [2.45, 2.75) is 6.92 Å². The van der Waals surface area contributed by atoms with Gasteiger partial charge in [-0.2, -0.15) is 0 Å². The molecule has 0 saturated heterocycles. The van der Waals surface area contributed by atoms with Crippen molar-refractivity contribution in [1.29, 1.82) is 0 Å². The van der Waals surface area contributed by atoms with Gasteiger partial charge in [0.1, 0.15) is 0 Å². The first-order valence-electron chi connectivity index (χ1n) is 1.54. The van der Waals surface area contributed by atoms with Crippen molar-refractivity contribution >= 4 is 21.7 Å². The predicted molar refractivity (Wildman–Crippen MR) is 28.7 cm³/mol. The van der Waals surface area contributed by atoms with Crippen molar-refractivity contribution in [2.75, 3.05) is 0 Å². The summed E-state index contributed by atoms with van der Waals surface area (Å²) in [5.41, 5.74) is 0. The van der Waals surface area contributed by atoms with E-state index in [1.54, 1.807) is 0 Å². The van der Waals surface area contributed by atoms with E-state index in [1.165, 1.54) is 18.0 Å². The monoisotopic (exact) mass is 148 g/mol. The van der Waals surface area contributed by atoms with Gasteiger partial charge in [-0.1, -0.05) is 15.9 Å². The van der Waals surface area contributed by atoms with Crippen molar-refractivity contribution in [3.8, 4) is 0 Å². The first-order chi connectivity index (χ1) is 2.77. The summed E-state index contributed by atoms with van der Waals surface area (Å²) in [5, 5.41) is 0. The smallest absolute Gasteiger partial charge is 0.153 e. The summed E-state index contributed by atoms with van der Waals surface area (Å²) in [5.74, 6) is 0.0619. The molecule has 0 heterocycles. The number of allylic oxidation sites excluding steroid dienone is 1. The summed E-state index contributed by atoms with van der Waals surface area (Å²) >= 11 is 2.95. The Kier molecular flexibility index (Phi) is 3.04. The summed E-state index contributed by atoms with van der Waals surface area (Å²) in [6.07, 6.45) is 1.44. The van der Waals surface area contributed by atoms with Crippen LogP contribution in [0.3, 0.4) is 0 Å². The molecule has 1 nitrogen and oxygen atoms in total. The fourth-order valence-electron chi connectivity index (χ4n) is 0.0887. The van der Waals surface area contributed by atoms with E-state index in [-0.39, 0.29) is 5.78 Å². The average molecular weight is 149 g/mol. The summed E-state index contributed by atoms with van der Waals surface area (Å²) < 4.78 is 0. The van der Waals surface area contributed by atoms with Gasteiger partial charge in [0.05, 0.1) is 0 Å². The largest absolute Gasteiger partial charge is 0.295 e. The Bertz CT molecular complexity index is 75.6. The van der Waals surface area contributed by atoms with Crippen LogP contribution in [0.5, 0.6) is 0 Å². The molecule has 0 radical (unpaired) electrons. The van der Waals surface area contributed by atoms with Gasteiger partial charge in [0.25, 0.3) is 0 Å². The molecule has 0 saturated carbocycles. The van der Waals surface area contributed by atoms with E-state index in [4.69, 9.17) is 0 Å². The molecule has 2 heteroatoms. The Balaban J connectivity index is 3.30. The molecule has 34 valence electrons. The van der Waals surface area contributed by atoms with Crippen LogP contribution in [0.2, 0.25) is 0 Å². The van der Waals surface area contributed by atoms with Gasteiger partial charge in [-0.25, -0.2) is 0 Å². The Morgan fingerprint density at radius 1 is 1.83 bits per heavy atom. The van der Waals surface area contributed by atoms with Gasteiger partial charge in [0, 0.05) is 0 Å². The van der Waals surface area contributed by atoms with Crippen LogP contribution in [0.15, 0.2) is 11.1 Å².